The third-order valence-electron chi connectivity index (χ3n) is 11.5. The van der Waals surface area contributed by atoms with Gasteiger partial charge in [0.1, 0.15) is 0 Å². The Morgan fingerprint density at radius 3 is 2.87 bits per heavy atom. The molecule has 3 aliphatic carbocycles. The fourth-order valence-electron chi connectivity index (χ4n) is 9.76. The third kappa shape index (κ3) is 3.10. The number of fused-ring (bicyclic) bond motifs is 2. The van der Waals surface area contributed by atoms with Gasteiger partial charge in [-0.2, -0.15) is 0 Å². The van der Waals surface area contributed by atoms with E-state index in [2.05, 4.69) is 47.2 Å². The minimum Gasteiger partial charge on any atom is -0.392 e. The smallest absolute Gasteiger partial charge is 0.0975 e. The minimum atomic E-state index is -0.404. The summed E-state index contributed by atoms with van der Waals surface area (Å²) in [5.74, 6) is 0.309. The van der Waals surface area contributed by atoms with Crippen LogP contribution in [0.2, 0.25) is 0 Å². The molecule has 0 radical (unpaired) electrons. The zero-order valence-corrected chi connectivity index (χ0v) is 22.2. The first kappa shape index (κ1) is 23.8. The van der Waals surface area contributed by atoms with Gasteiger partial charge in [0.25, 0.3) is 0 Å². The molecular weight excluding hydrogens is 474 g/mol. The van der Waals surface area contributed by atoms with Gasteiger partial charge in [0, 0.05) is 54.8 Å². The van der Waals surface area contributed by atoms with Crippen LogP contribution >= 0.6 is 0 Å². The molecule has 4 N–H and O–H groups in total. The second-order valence-electron chi connectivity index (χ2n) is 13.4. The molecule has 4 heterocycles. The highest BCUT2D eigenvalue weighted by Crippen LogP contribution is 2.69. The molecule has 6 heteroatoms. The number of rotatable bonds is 2. The monoisotopic (exact) mass is 513 g/mol. The Kier molecular flexibility index (Phi) is 4.99. The van der Waals surface area contributed by atoms with Crippen molar-refractivity contribution in [3.63, 3.8) is 0 Å². The zero-order chi connectivity index (χ0) is 25.9. The maximum absolute atomic E-state index is 11.6. The van der Waals surface area contributed by atoms with E-state index >= 15 is 0 Å². The Hall–Kier alpha value is -2.09. The standard InChI is InChI=1S/C32H39N3O3/c1-30-7-4-22-13-23-14-26(36)25(35-11-6-24(33)18-35)16-31(23)8-9-32(22,38-31)28(30)15-27(37)29(30)20-3-2-19-5-10-34-17-21(19)12-20/h2-5,10,12-13,17,24-29,36-37H,6-9,11,14-16,18,33H2,1H3/t24-,25+,26-,27-,28-,29+,30+,31-,32?/m1/s1. The van der Waals surface area contributed by atoms with Crippen molar-refractivity contribution in [3.8, 4) is 0 Å². The zero-order valence-electron chi connectivity index (χ0n) is 22.2. The summed E-state index contributed by atoms with van der Waals surface area (Å²) in [4.78, 5) is 6.75. The van der Waals surface area contributed by atoms with Crippen LogP contribution in [0.3, 0.4) is 0 Å². The molecule has 1 aromatic carbocycles. The predicted octanol–water partition coefficient (Wildman–Crippen LogP) is 3.82. The third-order valence-corrected chi connectivity index (χ3v) is 11.5. The van der Waals surface area contributed by atoms with E-state index in [1.54, 1.807) is 0 Å². The molecule has 6 aliphatic rings. The number of nitrogens with zero attached hydrogens (tertiary/aromatic N) is 2. The molecule has 38 heavy (non-hydrogen) atoms. The first-order chi connectivity index (χ1) is 18.3. The molecule has 4 fully saturated rings. The lowest BCUT2D eigenvalue weighted by Crippen LogP contribution is -2.58. The molecule has 3 aliphatic heterocycles. The van der Waals surface area contributed by atoms with E-state index in [-0.39, 0.29) is 46.6 Å². The SMILES string of the molecule is C[C@]12CC=C3C=C4C[C@@H](O)[C@@H](N5CC[C@@H](N)C5)C[C@]45CCC3(O5)[C@@H]1C[C@@H](O)[C@@H]2c1ccc2ccncc2c1. The number of ether oxygens (including phenoxy) is 1. The van der Waals surface area contributed by atoms with Crippen LogP contribution in [0.1, 0.15) is 63.4 Å². The van der Waals surface area contributed by atoms with Crippen molar-refractivity contribution in [1.29, 1.82) is 0 Å². The summed E-state index contributed by atoms with van der Waals surface area (Å²) in [5.41, 5.74) is 9.30. The quantitative estimate of drug-likeness (QED) is 0.566. The van der Waals surface area contributed by atoms with Crippen LogP contribution in [0.5, 0.6) is 0 Å². The molecule has 2 aromatic rings. The molecule has 0 amide bonds. The van der Waals surface area contributed by atoms with Crippen molar-refractivity contribution in [2.24, 2.45) is 17.1 Å². The van der Waals surface area contributed by atoms with Gasteiger partial charge in [-0.3, -0.25) is 9.88 Å². The van der Waals surface area contributed by atoms with E-state index in [0.29, 0.717) is 6.42 Å². The molecule has 6 nitrogen and oxygen atoms in total. The van der Waals surface area contributed by atoms with Crippen molar-refractivity contribution in [1.82, 2.24) is 9.88 Å². The Morgan fingerprint density at radius 1 is 1.13 bits per heavy atom. The molecule has 1 aromatic heterocycles. The molecular formula is C32H39N3O3. The van der Waals surface area contributed by atoms with Crippen molar-refractivity contribution >= 4 is 10.8 Å². The van der Waals surface area contributed by atoms with Gasteiger partial charge in [0.15, 0.2) is 0 Å². The molecule has 2 saturated carbocycles. The lowest BCUT2D eigenvalue weighted by atomic mass is 9.58. The summed E-state index contributed by atoms with van der Waals surface area (Å²) in [7, 11) is 0. The molecule has 9 atom stereocenters. The Balaban J connectivity index is 1.16. The number of hydrogen-bond donors (Lipinski definition) is 3. The lowest BCUT2D eigenvalue weighted by molar-refractivity contribution is -0.150. The van der Waals surface area contributed by atoms with Crippen LogP contribution in [0.4, 0.5) is 0 Å². The second kappa shape index (κ2) is 7.98. The summed E-state index contributed by atoms with van der Waals surface area (Å²) in [5, 5.41) is 25.1. The van der Waals surface area contributed by atoms with E-state index in [0.717, 1.165) is 57.0 Å². The summed E-state index contributed by atoms with van der Waals surface area (Å²) >= 11 is 0. The summed E-state index contributed by atoms with van der Waals surface area (Å²) < 4.78 is 7.40. The first-order valence-electron chi connectivity index (χ1n) is 14.6. The van der Waals surface area contributed by atoms with Crippen molar-refractivity contribution in [2.75, 3.05) is 13.1 Å². The van der Waals surface area contributed by atoms with Gasteiger partial charge in [-0.15, -0.1) is 0 Å². The van der Waals surface area contributed by atoms with E-state index in [9.17, 15) is 10.2 Å². The molecule has 2 bridgehead atoms. The van der Waals surface area contributed by atoms with Crippen LogP contribution in [-0.2, 0) is 4.74 Å². The van der Waals surface area contributed by atoms with Gasteiger partial charge in [-0.05, 0) is 84.6 Å². The van der Waals surface area contributed by atoms with Crippen LogP contribution in [0.15, 0.2) is 60.0 Å². The Labute approximate surface area is 224 Å². The maximum atomic E-state index is 11.6. The summed E-state index contributed by atoms with van der Waals surface area (Å²) in [6.45, 7) is 4.22. The maximum Gasteiger partial charge on any atom is 0.0975 e. The van der Waals surface area contributed by atoms with E-state index in [4.69, 9.17) is 10.5 Å². The fraction of sp³-hybridized carbons (Fsp3) is 0.594. The van der Waals surface area contributed by atoms with Crippen LogP contribution in [0, 0.1) is 11.3 Å². The molecule has 8 rings (SSSR count). The van der Waals surface area contributed by atoms with E-state index in [1.807, 2.05) is 18.5 Å². The van der Waals surface area contributed by atoms with E-state index < -0.39 is 6.10 Å². The average molecular weight is 514 g/mol. The highest BCUT2D eigenvalue weighted by molar-refractivity contribution is 5.82. The molecule has 200 valence electrons. The van der Waals surface area contributed by atoms with E-state index in [1.165, 1.54) is 22.1 Å². The van der Waals surface area contributed by atoms with Crippen LogP contribution in [-0.4, -0.2) is 68.7 Å². The highest BCUT2D eigenvalue weighted by Gasteiger charge is 2.68. The van der Waals surface area contributed by atoms with Gasteiger partial charge in [0.2, 0.25) is 0 Å². The number of aliphatic hydroxyl groups excluding tert-OH is 2. The van der Waals surface area contributed by atoms with Gasteiger partial charge in [-0.25, -0.2) is 0 Å². The average Bonchev–Trinajstić information content (AvgIpc) is 3.56. The van der Waals surface area contributed by atoms with Gasteiger partial charge < -0.3 is 20.7 Å². The number of aliphatic hydroxyl groups is 2. The highest BCUT2D eigenvalue weighted by atomic mass is 16.5. The van der Waals surface area contributed by atoms with Crippen molar-refractivity contribution in [2.45, 2.75) is 93.3 Å². The number of likely N-dealkylation sites (tertiary alicyclic amines) is 1. The van der Waals surface area contributed by atoms with Gasteiger partial charge in [-0.1, -0.05) is 31.2 Å². The lowest BCUT2D eigenvalue weighted by Gasteiger charge is -2.55. The molecule has 2 saturated heterocycles. The van der Waals surface area contributed by atoms with Gasteiger partial charge >= 0.3 is 0 Å². The Morgan fingerprint density at radius 2 is 2.03 bits per heavy atom. The number of nitrogens with two attached hydrogens (primary N) is 1. The Bertz CT molecular complexity index is 1370. The minimum absolute atomic E-state index is 0.0572. The number of benzene rings is 1. The van der Waals surface area contributed by atoms with Crippen molar-refractivity contribution < 1.29 is 14.9 Å². The number of aromatic nitrogens is 1. The summed E-state index contributed by atoms with van der Waals surface area (Å²) in [6, 6.07) is 8.98. The van der Waals surface area contributed by atoms with Gasteiger partial charge in [0.05, 0.1) is 23.4 Å². The van der Waals surface area contributed by atoms with Crippen LogP contribution < -0.4 is 5.73 Å². The number of pyridine rings is 1. The topological polar surface area (TPSA) is 91.8 Å². The predicted molar refractivity (Wildman–Crippen MR) is 146 cm³/mol. The number of hydrogen-bond acceptors (Lipinski definition) is 6. The molecule has 1 unspecified atom stereocenters. The molecule has 2 spiro atoms. The summed E-state index contributed by atoms with van der Waals surface area (Å²) in [6.07, 6.45) is 14.0. The van der Waals surface area contributed by atoms with Crippen molar-refractivity contribution in [3.05, 3.63) is 65.5 Å². The second-order valence-corrected chi connectivity index (χ2v) is 13.4. The fourth-order valence-corrected chi connectivity index (χ4v) is 9.76. The normalized spacial score (nSPS) is 45.9. The van der Waals surface area contributed by atoms with Crippen LogP contribution in [0.25, 0.3) is 10.8 Å². The first-order valence-corrected chi connectivity index (χ1v) is 14.6. The number of allylic oxidation sites excluding steroid dienone is 1. The largest absolute Gasteiger partial charge is 0.392 e.